The number of rotatable bonds is 7. The number of hydrogen-bond acceptors (Lipinski definition) is 6. The van der Waals surface area contributed by atoms with Crippen molar-refractivity contribution >= 4 is 40.8 Å². The molecule has 0 saturated carbocycles. The zero-order valence-electron chi connectivity index (χ0n) is 17.4. The number of nitrogens with zero attached hydrogens (tertiary/aromatic N) is 1. The molecule has 164 valence electrons. The van der Waals surface area contributed by atoms with Gasteiger partial charge in [0.2, 0.25) is 5.91 Å². The summed E-state index contributed by atoms with van der Waals surface area (Å²) in [5.74, 6) is -0.997. The molecule has 1 atom stereocenters. The topological polar surface area (TPSA) is 94.2 Å². The van der Waals surface area contributed by atoms with Crippen LogP contribution in [0.5, 0.6) is 11.5 Å². The number of nitrogens with one attached hydrogen (secondary N) is 1. The van der Waals surface area contributed by atoms with Gasteiger partial charge in [0, 0.05) is 29.7 Å². The number of hydrogen-bond donors (Lipinski definition) is 1. The molecule has 0 radical (unpaired) electrons. The summed E-state index contributed by atoms with van der Waals surface area (Å²) in [4.78, 5) is 38.6. The maximum absolute atomic E-state index is 12.5. The van der Waals surface area contributed by atoms with E-state index in [2.05, 4.69) is 5.32 Å². The first-order valence-corrected chi connectivity index (χ1v) is 9.95. The van der Waals surface area contributed by atoms with Crippen LogP contribution in [0.2, 0.25) is 5.02 Å². The van der Waals surface area contributed by atoms with E-state index in [1.54, 1.807) is 36.4 Å². The molecule has 1 heterocycles. The molecule has 8 nitrogen and oxygen atoms in total. The molecule has 3 rings (SSSR count). The van der Waals surface area contributed by atoms with Gasteiger partial charge in [-0.05, 0) is 36.8 Å². The highest BCUT2D eigenvalue weighted by atomic mass is 35.5. The lowest BCUT2D eigenvalue weighted by molar-refractivity contribution is -0.151. The van der Waals surface area contributed by atoms with Gasteiger partial charge in [0.1, 0.15) is 11.5 Å². The fourth-order valence-electron chi connectivity index (χ4n) is 3.28. The molecule has 31 heavy (non-hydrogen) atoms. The summed E-state index contributed by atoms with van der Waals surface area (Å²) in [6.45, 7) is 1.48. The van der Waals surface area contributed by atoms with Gasteiger partial charge in [-0.3, -0.25) is 14.4 Å². The minimum Gasteiger partial charge on any atom is -0.497 e. The fourth-order valence-corrected chi connectivity index (χ4v) is 3.45. The number of amides is 2. The average molecular weight is 447 g/mol. The van der Waals surface area contributed by atoms with Crippen molar-refractivity contribution in [1.29, 1.82) is 0 Å². The second-order valence-corrected chi connectivity index (χ2v) is 7.49. The van der Waals surface area contributed by atoms with Crippen molar-refractivity contribution in [3.63, 3.8) is 0 Å². The van der Waals surface area contributed by atoms with E-state index >= 15 is 0 Å². The Labute approximate surface area is 185 Å². The van der Waals surface area contributed by atoms with Gasteiger partial charge in [0.15, 0.2) is 6.61 Å². The molecule has 9 heteroatoms. The molecule has 2 aromatic carbocycles. The molecule has 2 aromatic rings. The lowest BCUT2D eigenvalue weighted by atomic mass is 10.1. The lowest BCUT2D eigenvalue weighted by Gasteiger charge is -2.20. The van der Waals surface area contributed by atoms with E-state index in [-0.39, 0.29) is 18.9 Å². The van der Waals surface area contributed by atoms with Gasteiger partial charge in [-0.2, -0.15) is 0 Å². The van der Waals surface area contributed by atoms with Crippen molar-refractivity contribution in [2.45, 2.75) is 13.3 Å². The third-order valence-electron chi connectivity index (χ3n) is 4.95. The lowest BCUT2D eigenvalue weighted by Crippen LogP contribution is -2.28. The summed E-state index contributed by atoms with van der Waals surface area (Å²) in [7, 11) is 3.02. The quantitative estimate of drug-likeness (QED) is 0.656. The minimum absolute atomic E-state index is 0.0196. The van der Waals surface area contributed by atoms with Gasteiger partial charge in [0.05, 0.1) is 25.8 Å². The number of carbonyl (C=O) groups is 3. The minimum atomic E-state index is -0.691. The van der Waals surface area contributed by atoms with Crippen molar-refractivity contribution < 1.29 is 28.6 Å². The van der Waals surface area contributed by atoms with Crippen molar-refractivity contribution in [1.82, 2.24) is 0 Å². The molecule has 1 aliphatic rings. The van der Waals surface area contributed by atoms with Crippen LogP contribution >= 0.6 is 11.6 Å². The van der Waals surface area contributed by atoms with Crippen LogP contribution in [-0.2, 0) is 19.1 Å². The molecular weight excluding hydrogens is 424 g/mol. The third kappa shape index (κ3) is 5.27. The van der Waals surface area contributed by atoms with Crippen LogP contribution in [0.25, 0.3) is 0 Å². The van der Waals surface area contributed by atoms with E-state index in [1.165, 1.54) is 19.1 Å². The number of aryl methyl sites for hydroxylation is 1. The number of esters is 1. The smallest absolute Gasteiger partial charge is 0.311 e. The largest absolute Gasteiger partial charge is 0.497 e. The van der Waals surface area contributed by atoms with Crippen LogP contribution in [0.1, 0.15) is 12.0 Å². The SMILES string of the molecule is COc1ccc(OC)c(N2C[C@H](C(=O)OCC(=O)Nc3cc(Cl)ccc3C)CC2=O)c1. The molecule has 1 N–H and O–H groups in total. The van der Waals surface area contributed by atoms with Gasteiger partial charge < -0.3 is 24.4 Å². The number of ether oxygens (including phenoxy) is 3. The Kier molecular flexibility index (Phi) is 7.02. The standard InChI is InChI=1S/C22H23ClN2O6/c1-13-4-5-15(23)9-17(13)24-20(26)12-31-22(28)14-8-21(27)25(11-14)18-10-16(29-2)6-7-19(18)30-3/h4-7,9-10,14H,8,11-12H2,1-3H3,(H,24,26)/t14-/m1/s1. The van der Waals surface area contributed by atoms with E-state index in [0.29, 0.717) is 27.9 Å². The zero-order valence-corrected chi connectivity index (χ0v) is 18.2. The fraction of sp³-hybridized carbons (Fsp3) is 0.318. The highest BCUT2D eigenvalue weighted by Crippen LogP contribution is 2.36. The summed E-state index contributed by atoms with van der Waals surface area (Å²) in [5, 5.41) is 3.14. The van der Waals surface area contributed by atoms with E-state index in [0.717, 1.165) is 5.56 Å². The maximum Gasteiger partial charge on any atom is 0.311 e. The first kappa shape index (κ1) is 22.4. The summed E-state index contributed by atoms with van der Waals surface area (Å²) in [6, 6.07) is 10.2. The Morgan fingerprint density at radius 2 is 1.94 bits per heavy atom. The average Bonchev–Trinajstić information content (AvgIpc) is 3.15. The predicted molar refractivity (Wildman–Crippen MR) is 116 cm³/mol. The number of halogens is 1. The maximum atomic E-state index is 12.5. The Balaban J connectivity index is 1.60. The monoisotopic (exact) mass is 446 g/mol. The highest BCUT2D eigenvalue weighted by molar-refractivity contribution is 6.31. The van der Waals surface area contributed by atoms with Gasteiger partial charge in [-0.1, -0.05) is 17.7 Å². The number of methoxy groups -OCH3 is 2. The first-order chi connectivity index (χ1) is 14.8. The molecule has 0 aliphatic carbocycles. The third-order valence-corrected chi connectivity index (χ3v) is 5.19. The zero-order chi connectivity index (χ0) is 22.5. The Morgan fingerprint density at radius 3 is 2.65 bits per heavy atom. The Hall–Kier alpha value is -3.26. The number of carbonyl (C=O) groups excluding carboxylic acids is 3. The van der Waals surface area contributed by atoms with Gasteiger partial charge >= 0.3 is 5.97 Å². The molecule has 1 fully saturated rings. The van der Waals surface area contributed by atoms with E-state index < -0.39 is 24.4 Å². The first-order valence-electron chi connectivity index (χ1n) is 9.57. The Bertz CT molecular complexity index is 1010. The summed E-state index contributed by atoms with van der Waals surface area (Å²) in [5.41, 5.74) is 1.88. The molecular formula is C22H23ClN2O6. The second-order valence-electron chi connectivity index (χ2n) is 7.06. The molecule has 0 bridgehead atoms. The molecule has 1 aliphatic heterocycles. The number of benzene rings is 2. The van der Waals surface area contributed by atoms with Gasteiger partial charge in [-0.15, -0.1) is 0 Å². The molecule has 1 saturated heterocycles. The van der Waals surface area contributed by atoms with Crippen molar-refractivity contribution in [2.24, 2.45) is 5.92 Å². The second kappa shape index (κ2) is 9.70. The van der Waals surface area contributed by atoms with Crippen molar-refractivity contribution in [3.05, 3.63) is 47.0 Å². The van der Waals surface area contributed by atoms with Gasteiger partial charge in [-0.25, -0.2) is 0 Å². The normalized spacial score (nSPS) is 15.5. The van der Waals surface area contributed by atoms with Crippen LogP contribution in [0.3, 0.4) is 0 Å². The summed E-state index contributed by atoms with van der Waals surface area (Å²) < 4.78 is 15.7. The summed E-state index contributed by atoms with van der Waals surface area (Å²) >= 11 is 5.94. The van der Waals surface area contributed by atoms with Crippen LogP contribution in [-0.4, -0.2) is 45.2 Å². The molecule has 0 spiro atoms. The van der Waals surface area contributed by atoms with Crippen LogP contribution < -0.4 is 19.7 Å². The van der Waals surface area contributed by atoms with E-state index in [1.807, 2.05) is 6.92 Å². The number of anilines is 2. The Morgan fingerprint density at radius 1 is 1.16 bits per heavy atom. The van der Waals surface area contributed by atoms with E-state index in [9.17, 15) is 14.4 Å². The summed E-state index contributed by atoms with van der Waals surface area (Å²) in [6.07, 6.45) is -0.0196. The van der Waals surface area contributed by atoms with Crippen LogP contribution in [0.4, 0.5) is 11.4 Å². The van der Waals surface area contributed by atoms with Crippen LogP contribution in [0.15, 0.2) is 36.4 Å². The van der Waals surface area contributed by atoms with Crippen LogP contribution in [0, 0.1) is 12.8 Å². The van der Waals surface area contributed by atoms with Crippen molar-refractivity contribution in [3.8, 4) is 11.5 Å². The highest BCUT2D eigenvalue weighted by Gasteiger charge is 2.37. The predicted octanol–water partition coefficient (Wildman–Crippen LogP) is 3.20. The molecule has 0 aromatic heterocycles. The molecule has 2 amide bonds. The molecule has 0 unspecified atom stereocenters. The van der Waals surface area contributed by atoms with Gasteiger partial charge in [0.25, 0.3) is 5.91 Å². The van der Waals surface area contributed by atoms with Crippen molar-refractivity contribution in [2.75, 3.05) is 37.6 Å². The van der Waals surface area contributed by atoms with E-state index in [4.69, 9.17) is 25.8 Å².